The van der Waals surface area contributed by atoms with E-state index >= 15 is 0 Å². The lowest BCUT2D eigenvalue weighted by Crippen LogP contribution is -2.25. The van der Waals surface area contributed by atoms with Crippen LogP contribution in [0.25, 0.3) is 0 Å². The van der Waals surface area contributed by atoms with Crippen molar-refractivity contribution < 1.29 is 8.42 Å². The maximum Gasteiger partial charge on any atom is 0.152 e. The van der Waals surface area contributed by atoms with Gasteiger partial charge in [-0.15, -0.1) is 0 Å². The Hall–Kier alpha value is -0.870. The van der Waals surface area contributed by atoms with Crippen molar-refractivity contribution in [3.05, 3.63) is 35.4 Å². The van der Waals surface area contributed by atoms with E-state index < -0.39 is 9.84 Å². The molecule has 106 valence electrons. The zero-order valence-electron chi connectivity index (χ0n) is 11.9. The third-order valence-electron chi connectivity index (χ3n) is 4.15. The fourth-order valence-corrected chi connectivity index (χ4v) is 3.99. The van der Waals surface area contributed by atoms with E-state index in [2.05, 4.69) is 29.6 Å². The fourth-order valence-electron chi connectivity index (χ4n) is 2.89. The Morgan fingerprint density at radius 3 is 2.63 bits per heavy atom. The zero-order valence-corrected chi connectivity index (χ0v) is 12.7. The van der Waals surface area contributed by atoms with Gasteiger partial charge in [-0.25, -0.2) is 8.42 Å². The van der Waals surface area contributed by atoms with Crippen LogP contribution < -0.4 is 5.32 Å². The molecule has 1 aliphatic rings. The highest BCUT2D eigenvalue weighted by atomic mass is 32.2. The summed E-state index contributed by atoms with van der Waals surface area (Å²) in [5, 5.41) is 3.07. The molecule has 4 heteroatoms. The molecule has 0 spiro atoms. The van der Waals surface area contributed by atoms with Gasteiger partial charge < -0.3 is 5.32 Å². The van der Waals surface area contributed by atoms with Crippen LogP contribution in [0.4, 0.5) is 0 Å². The van der Waals surface area contributed by atoms with Gasteiger partial charge in [-0.1, -0.05) is 24.3 Å². The van der Waals surface area contributed by atoms with Crippen LogP contribution in [-0.2, 0) is 16.3 Å². The van der Waals surface area contributed by atoms with Gasteiger partial charge in [0.2, 0.25) is 0 Å². The first-order valence-corrected chi connectivity index (χ1v) is 8.64. The topological polar surface area (TPSA) is 46.2 Å². The SMILES string of the molecule is CNC1c2ccccc2CC1CCS(=O)(=O)C(C)C. The molecule has 0 heterocycles. The summed E-state index contributed by atoms with van der Waals surface area (Å²) in [5.41, 5.74) is 2.69. The maximum absolute atomic E-state index is 11.9. The van der Waals surface area contributed by atoms with Gasteiger partial charge in [0, 0.05) is 6.04 Å². The molecule has 1 aliphatic carbocycles. The summed E-state index contributed by atoms with van der Waals surface area (Å²) in [6.07, 6.45) is 1.72. The molecule has 19 heavy (non-hydrogen) atoms. The van der Waals surface area contributed by atoms with Gasteiger partial charge in [-0.3, -0.25) is 0 Å². The van der Waals surface area contributed by atoms with Gasteiger partial charge in [0.15, 0.2) is 9.84 Å². The number of hydrogen-bond donors (Lipinski definition) is 1. The molecular weight excluding hydrogens is 258 g/mol. The van der Waals surface area contributed by atoms with Crippen LogP contribution in [0.15, 0.2) is 24.3 Å². The first-order valence-electron chi connectivity index (χ1n) is 6.92. The lowest BCUT2D eigenvalue weighted by Gasteiger charge is -2.20. The summed E-state index contributed by atoms with van der Waals surface area (Å²) in [7, 11) is -0.977. The van der Waals surface area contributed by atoms with E-state index in [1.807, 2.05) is 7.05 Å². The second kappa shape index (κ2) is 5.63. The van der Waals surface area contributed by atoms with E-state index in [1.165, 1.54) is 11.1 Å². The maximum atomic E-state index is 11.9. The van der Waals surface area contributed by atoms with Gasteiger partial charge >= 0.3 is 0 Å². The van der Waals surface area contributed by atoms with Gasteiger partial charge in [0.05, 0.1) is 11.0 Å². The van der Waals surface area contributed by atoms with Crippen molar-refractivity contribution in [2.75, 3.05) is 12.8 Å². The van der Waals surface area contributed by atoms with E-state index in [0.717, 1.165) is 12.8 Å². The number of rotatable bonds is 5. The largest absolute Gasteiger partial charge is 0.313 e. The Morgan fingerprint density at radius 1 is 1.32 bits per heavy atom. The predicted molar refractivity (Wildman–Crippen MR) is 79.0 cm³/mol. The minimum absolute atomic E-state index is 0.274. The average Bonchev–Trinajstić information content (AvgIpc) is 2.73. The van der Waals surface area contributed by atoms with Crippen molar-refractivity contribution in [2.24, 2.45) is 5.92 Å². The molecule has 2 atom stereocenters. The Bertz CT molecular complexity index is 537. The minimum Gasteiger partial charge on any atom is -0.313 e. The van der Waals surface area contributed by atoms with Crippen molar-refractivity contribution in [3.63, 3.8) is 0 Å². The number of hydrogen-bond acceptors (Lipinski definition) is 3. The smallest absolute Gasteiger partial charge is 0.152 e. The highest BCUT2D eigenvalue weighted by Gasteiger charge is 2.32. The third-order valence-corrected chi connectivity index (χ3v) is 6.39. The molecule has 2 rings (SSSR count). The van der Waals surface area contributed by atoms with Crippen molar-refractivity contribution in [1.29, 1.82) is 0 Å². The zero-order chi connectivity index (χ0) is 14.0. The lowest BCUT2D eigenvalue weighted by atomic mass is 9.98. The van der Waals surface area contributed by atoms with Crippen molar-refractivity contribution in [1.82, 2.24) is 5.32 Å². The van der Waals surface area contributed by atoms with Crippen LogP contribution in [0.2, 0.25) is 0 Å². The van der Waals surface area contributed by atoms with E-state index in [4.69, 9.17) is 0 Å². The second-order valence-electron chi connectivity index (χ2n) is 5.63. The standard InChI is InChI=1S/C15H23NO2S/c1-11(2)19(17,18)9-8-13-10-12-6-4-5-7-14(12)15(13)16-3/h4-7,11,13,15-16H,8-10H2,1-3H3. The first-order chi connectivity index (χ1) is 8.95. The van der Waals surface area contributed by atoms with Gasteiger partial charge in [0.1, 0.15) is 0 Å². The van der Waals surface area contributed by atoms with Crippen LogP contribution in [0, 0.1) is 5.92 Å². The van der Waals surface area contributed by atoms with Crippen LogP contribution in [0.3, 0.4) is 0 Å². The molecule has 1 aromatic rings. The molecule has 2 unspecified atom stereocenters. The lowest BCUT2D eigenvalue weighted by molar-refractivity contribution is 0.400. The van der Waals surface area contributed by atoms with Gasteiger partial charge in [-0.2, -0.15) is 0 Å². The highest BCUT2D eigenvalue weighted by molar-refractivity contribution is 7.91. The molecule has 0 aromatic heterocycles. The Morgan fingerprint density at radius 2 is 2.00 bits per heavy atom. The second-order valence-corrected chi connectivity index (χ2v) is 8.31. The molecule has 0 amide bonds. The highest BCUT2D eigenvalue weighted by Crippen LogP contribution is 2.37. The van der Waals surface area contributed by atoms with Crippen LogP contribution in [0.1, 0.15) is 37.4 Å². The van der Waals surface area contributed by atoms with Crippen molar-refractivity contribution >= 4 is 9.84 Å². The molecule has 3 nitrogen and oxygen atoms in total. The molecule has 0 saturated heterocycles. The van der Waals surface area contributed by atoms with E-state index in [1.54, 1.807) is 13.8 Å². The monoisotopic (exact) mass is 281 g/mol. The van der Waals surface area contributed by atoms with Gasteiger partial charge in [0.25, 0.3) is 0 Å². The molecule has 1 aromatic carbocycles. The summed E-state index contributed by atoms with van der Waals surface area (Å²) in [4.78, 5) is 0. The van der Waals surface area contributed by atoms with Crippen LogP contribution >= 0.6 is 0 Å². The molecular formula is C15H23NO2S. The predicted octanol–water partition coefficient (Wildman–Crippen LogP) is 2.33. The molecule has 0 fully saturated rings. The van der Waals surface area contributed by atoms with Gasteiger partial charge in [-0.05, 0) is 50.8 Å². The van der Waals surface area contributed by atoms with E-state index in [0.29, 0.717) is 17.7 Å². The molecule has 0 aliphatic heterocycles. The molecule has 0 radical (unpaired) electrons. The summed E-state index contributed by atoms with van der Waals surface area (Å²) in [6.45, 7) is 3.52. The number of sulfone groups is 1. The summed E-state index contributed by atoms with van der Waals surface area (Å²) < 4.78 is 23.9. The van der Waals surface area contributed by atoms with Crippen LogP contribution in [0.5, 0.6) is 0 Å². The Balaban J connectivity index is 2.08. The summed E-state index contributed by atoms with van der Waals surface area (Å²) >= 11 is 0. The minimum atomic E-state index is -2.93. The van der Waals surface area contributed by atoms with Crippen LogP contribution in [-0.4, -0.2) is 26.5 Å². The molecule has 0 saturated carbocycles. The van der Waals surface area contributed by atoms with Crippen molar-refractivity contribution in [3.8, 4) is 0 Å². The number of nitrogens with one attached hydrogen (secondary N) is 1. The summed E-state index contributed by atoms with van der Waals surface area (Å²) in [6, 6.07) is 8.69. The first kappa shape index (κ1) is 14.5. The Kier molecular flexibility index (Phi) is 4.31. The normalized spacial score (nSPS) is 22.7. The van der Waals surface area contributed by atoms with Crippen molar-refractivity contribution in [2.45, 2.75) is 38.0 Å². The quantitative estimate of drug-likeness (QED) is 0.901. The third kappa shape index (κ3) is 3.00. The number of benzene rings is 1. The Labute approximate surface area is 116 Å². The molecule has 0 bridgehead atoms. The average molecular weight is 281 g/mol. The fraction of sp³-hybridized carbons (Fsp3) is 0.600. The number of fused-ring (bicyclic) bond motifs is 1. The van der Waals surface area contributed by atoms with E-state index in [-0.39, 0.29) is 5.25 Å². The summed E-state index contributed by atoms with van der Waals surface area (Å²) in [5.74, 6) is 0.678. The molecule has 1 N–H and O–H groups in total. The van der Waals surface area contributed by atoms with E-state index in [9.17, 15) is 8.42 Å².